The molecular weight excluding hydrogens is 238 g/mol. The fraction of sp³-hybridized carbons (Fsp3) is 0.364. The van der Waals surface area contributed by atoms with Crippen LogP contribution in [0.1, 0.15) is 5.56 Å². The van der Waals surface area contributed by atoms with E-state index in [0.717, 1.165) is 0 Å². The molecule has 1 aromatic rings. The summed E-state index contributed by atoms with van der Waals surface area (Å²) in [6.07, 6.45) is 0. The van der Waals surface area contributed by atoms with Gasteiger partial charge in [0.2, 0.25) is 0 Å². The van der Waals surface area contributed by atoms with Gasteiger partial charge >= 0.3 is 5.69 Å². The molecular formula is C11H13N3O4. The van der Waals surface area contributed by atoms with E-state index in [9.17, 15) is 10.1 Å². The summed E-state index contributed by atoms with van der Waals surface area (Å²) < 4.78 is 4.87. The lowest BCUT2D eigenvalue weighted by atomic mass is 10.1. The lowest BCUT2D eigenvalue weighted by Crippen LogP contribution is -2.29. The molecule has 0 aliphatic heterocycles. The fourth-order valence-electron chi connectivity index (χ4n) is 1.51. The number of anilines is 1. The van der Waals surface area contributed by atoms with Crippen LogP contribution >= 0.6 is 0 Å². The molecule has 0 fully saturated rings. The van der Waals surface area contributed by atoms with Crippen molar-refractivity contribution >= 4 is 11.4 Å². The molecule has 1 rings (SSSR count). The highest BCUT2D eigenvalue weighted by atomic mass is 16.6. The van der Waals surface area contributed by atoms with Gasteiger partial charge in [-0.15, -0.1) is 0 Å². The Morgan fingerprint density at radius 3 is 2.89 bits per heavy atom. The van der Waals surface area contributed by atoms with Crippen molar-refractivity contribution in [1.29, 1.82) is 5.26 Å². The van der Waals surface area contributed by atoms with Crippen molar-refractivity contribution in [2.45, 2.75) is 6.04 Å². The fourth-order valence-corrected chi connectivity index (χ4v) is 1.51. The Kier molecular flexibility index (Phi) is 5.05. The lowest BCUT2D eigenvalue weighted by Gasteiger charge is -2.16. The number of nitrogens with one attached hydrogen (secondary N) is 1. The molecule has 0 radical (unpaired) electrons. The molecule has 0 saturated carbocycles. The molecule has 0 saturated heterocycles. The Hall–Kier alpha value is -2.17. The molecule has 2 N–H and O–H groups in total. The highest BCUT2D eigenvalue weighted by Gasteiger charge is 2.21. The number of methoxy groups -OCH3 is 1. The maximum atomic E-state index is 10.9. The molecule has 1 atom stereocenters. The minimum atomic E-state index is -0.623. The van der Waals surface area contributed by atoms with Gasteiger partial charge in [-0.1, -0.05) is 6.07 Å². The third-order valence-corrected chi connectivity index (χ3v) is 2.29. The number of hydrogen-bond donors (Lipinski definition) is 2. The first kappa shape index (κ1) is 13.9. The summed E-state index contributed by atoms with van der Waals surface area (Å²) in [5.74, 6) is 0. The second-order valence-electron chi connectivity index (χ2n) is 3.55. The molecule has 0 spiro atoms. The lowest BCUT2D eigenvalue weighted by molar-refractivity contribution is -0.384. The predicted octanol–water partition coefficient (Wildman–Crippen LogP) is 0.886. The van der Waals surface area contributed by atoms with Gasteiger partial charge in [-0.3, -0.25) is 10.1 Å². The number of nitro groups is 1. The van der Waals surface area contributed by atoms with Crippen molar-refractivity contribution in [2.75, 3.05) is 25.6 Å². The standard InChI is InChI=1S/C11H13N3O4/c1-18-7-9(6-15)13-10-4-2-3-8(5-12)11(10)14(16)17/h2-4,9,13,15H,6-7H2,1H3. The smallest absolute Gasteiger partial charge is 0.309 e. The number of aliphatic hydroxyl groups is 1. The second-order valence-corrected chi connectivity index (χ2v) is 3.55. The Morgan fingerprint density at radius 1 is 1.67 bits per heavy atom. The van der Waals surface area contributed by atoms with Gasteiger partial charge in [0.1, 0.15) is 17.3 Å². The molecule has 0 aromatic heterocycles. The average Bonchev–Trinajstić information content (AvgIpc) is 2.37. The van der Waals surface area contributed by atoms with Gasteiger partial charge in [-0.25, -0.2) is 0 Å². The number of nitro benzene ring substituents is 1. The molecule has 7 nitrogen and oxygen atoms in total. The highest BCUT2D eigenvalue weighted by molar-refractivity contribution is 5.68. The van der Waals surface area contributed by atoms with Crippen LogP contribution in [0.5, 0.6) is 0 Å². The summed E-state index contributed by atoms with van der Waals surface area (Å²) in [5.41, 5.74) is -0.135. The van der Waals surface area contributed by atoms with Crippen LogP contribution < -0.4 is 5.32 Å². The Morgan fingerprint density at radius 2 is 2.39 bits per heavy atom. The number of rotatable bonds is 6. The van der Waals surface area contributed by atoms with Crippen LogP contribution in [0.2, 0.25) is 0 Å². The van der Waals surface area contributed by atoms with E-state index in [-0.39, 0.29) is 30.2 Å². The molecule has 0 aliphatic rings. The third kappa shape index (κ3) is 3.16. The van der Waals surface area contributed by atoms with E-state index in [0.29, 0.717) is 0 Å². The largest absolute Gasteiger partial charge is 0.394 e. The van der Waals surface area contributed by atoms with Crippen molar-refractivity contribution in [3.8, 4) is 6.07 Å². The quantitative estimate of drug-likeness (QED) is 0.574. The van der Waals surface area contributed by atoms with Crippen LogP contribution in [0.3, 0.4) is 0 Å². The zero-order chi connectivity index (χ0) is 13.5. The summed E-state index contributed by atoms with van der Waals surface area (Å²) in [5, 5.41) is 31.7. The van der Waals surface area contributed by atoms with Crippen LogP contribution in [-0.2, 0) is 4.74 Å². The maximum Gasteiger partial charge on any atom is 0.309 e. The van der Waals surface area contributed by atoms with Crippen molar-refractivity contribution in [3.63, 3.8) is 0 Å². The van der Waals surface area contributed by atoms with E-state index < -0.39 is 11.0 Å². The zero-order valence-electron chi connectivity index (χ0n) is 9.79. The summed E-state index contributed by atoms with van der Waals surface area (Å²) in [6.45, 7) is -0.0355. The van der Waals surface area contributed by atoms with E-state index in [4.69, 9.17) is 15.1 Å². The third-order valence-electron chi connectivity index (χ3n) is 2.29. The van der Waals surface area contributed by atoms with Crippen LogP contribution in [0.25, 0.3) is 0 Å². The van der Waals surface area contributed by atoms with Crippen LogP contribution in [-0.4, -0.2) is 36.4 Å². The number of nitriles is 1. The molecule has 1 unspecified atom stereocenters. The monoisotopic (exact) mass is 251 g/mol. The first-order chi connectivity index (χ1) is 8.63. The minimum Gasteiger partial charge on any atom is -0.394 e. The van der Waals surface area contributed by atoms with Crippen molar-refractivity contribution in [3.05, 3.63) is 33.9 Å². The van der Waals surface area contributed by atoms with Gasteiger partial charge in [0.05, 0.1) is 24.2 Å². The zero-order valence-corrected chi connectivity index (χ0v) is 9.79. The molecule has 0 aliphatic carbocycles. The molecule has 7 heteroatoms. The topological polar surface area (TPSA) is 108 Å². The van der Waals surface area contributed by atoms with E-state index in [2.05, 4.69) is 5.32 Å². The SMILES string of the molecule is COCC(CO)Nc1cccc(C#N)c1[N+](=O)[O-]. The number of hydrogen-bond acceptors (Lipinski definition) is 6. The summed E-state index contributed by atoms with van der Waals surface area (Å²) >= 11 is 0. The molecule has 1 aromatic carbocycles. The molecule has 0 amide bonds. The van der Waals surface area contributed by atoms with Gasteiger partial charge in [-0.2, -0.15) is 5.26 Å². The van der Waals surface area contributed by atoms with Crippen LogP contribution in [0.4, 0.5) is 11.4 Å². The minimum absolute atomic E-state index is 0.0286. The summed E-state index contributed by atoms with van der Waals surface area (Å²) in [7, 11) is 1.46. The van der Waals surface area contributed by atoms with Gasteiger partial charge in [0.15, 0.2) is 0 Å². The van der Waals surface area contributed by atoms with E-state index in [1.807, 2.05) is 0 Å². The van der Waals surface area contributed by atoms with Gasteiger partial charge in [0, 0.05) is 7.11 Å². The second kappa shape index (κ2) is 6.54. The van der Waals surface area contributed by atoms with Crippen LogP contribution in [0, 0.1) is 21.4 Å². The van der Waals surface area contributed by atoms with Crippen molar-refractivity contribution in [2.24, 2.45) is 0 Å². The summed E-state index contributed by atoms with van der Waals surface area (Å²) in [6, 6.07) is 5.68. The molecule has 0 heterocycles. The van der Waals surface area contributed by atoms with Crippen LogP contribution in [0.15, 0.2) is 18.2 Å². The number of ether oxygens (including phenoxy) is 1. The van der Waals surface area contributed by atoms with Crippen molar-refractivity contribution in [1.82, 2.24) is 0 Å². The molecule has 96 valence electrons. The number of aliphatic hydroxyl groups excluding tert-OH is 1. The molecule has 18 heavy (non-hydrogen) atoms. The van der Waals surface area contributed by atoms with Gasteiger partial charge < -0.3 is 15.2 Å². The predicted molar refractivity (Wildman–Crippen MR) is 64.2 cm³/mol. The first-order valence-corrected chi connectivity index (χ1v) is 5.17. The first-order valence-electron chi connectivity index (χ1n) is 5.17. The number of nitrogens with zero attached hydrogens (tertiary/aromatic N) is 2. The highest BCUT2D eigenvalue weighted by Crippen LogP contribution is 2.28. The summed E-state index contributed by atoms with van der Waals surface area (Å²) in [4.78, 5) is 10.3. The van der Waals surface area contributed by atoms with Gasteiger partial charge in [0.25, 0.3) is 0 Å². The Bertz CT molecular complexity index is 470. The normalized spacial score (nSPS) is 11.6. The van der Waals surface area contributed by atoms with E-state index in [1.54, 1.807) is 6.07 Å². The maximum absolute atomic E-state index is 10.9. The Labute approximate surface area is 104 Å². The Balaban J connectivity index is 3.08. The molecule has 0 bridgehead atoms. The average molecular weight is 251 g/mol. The van der Waals surface area contributed by atoms with Crippen molar-refractivity contribution < 1.29 is 14.8 Å². The van der Waals surface area contributed by atoms with E-state index in [1.165, 1.54) is 25.3 Å². The van der Waals surface area contributed by atoms with E-state index >= 15 is 0 Å². The van der Waals surface area contributed by atoms with Gasteiger partial charge in [-0.05, 0) is 12.1 Å². The number of para-hydroxylation sites is 1. The number of benzene rings is 1.